The highest BCUT2D eigenvalue weighted by atomic mass is 32.2. The molecule has 1 amide bonds. The molecule has 7 heteroatoms. The second-order valence-corrected chi connectivity index (χ2v) is 8.82. The van der Waals surface area contributed by atoms with Crippen molar-refractivity contribution >= 4 is 27.3 Å². The standard InChI is InChI=1S/C13H20N2O3S2/c1-8-10(7-19-12(8)20(14,17)18)11(16)15-9-4-5-13(2,3)6-9/h7,9H,4-6H2,1-3H3,(H,15,16)(H2,14,17,18). The van der Waals surface area contributed by atoms with Crippen LogP contribution >= 0.6 is 11.3 Å². The molecule has 0 aromatic carbocycles. The lowest BCUT2D eigenvalue weighted by Gasteiger charge is -2.17. The number of nitrogens with one attached hydrogen (secondary N) is 1. The molecule has 0 aliphatic heterocycles. The maximum absolute atomic E-state index is 12.2. The van der Waals surface area contributed by atoms with Crippen LogP contribution in [-0.2, 0) is 10.0 Å². The molecule has 1 aliphatic rings. The fourth-order valence-corrected chi connectivity index (χ4v) is 4.74. The van der Waals surface area contributed by atoms with Gasteiger partial charge in [-0.1, -0.05) is 13.8 Å². The van der Waals surface area contributed by atoms with Crippen molar-refractivity contribution in [2.75, 3.05) is 0 Å². The van der Waals surface area contributed by atoms with E-state index in [9.17, 15) is 13.2 Å². The molecule has 0 bridgehead atoms. The molecular formula is C13H20N2O3S2. The summed E-state index contributed by atoms with van der Waals surface area (Å²) >= 11 is 0.995. The van der Waals surface area contributed by atoms with Gasteiger partial charge in [0.1, 0.15) is 4.21 Å². The van der Waals surface area contributed by atoms with Gasteiger partial charge < -0.3 is 5.32 Å². The zero-order valence-electron chi connectivity index (χ0n) is 11.9. The maximum Gasteiger partial charge on any atom is 0.252 e. The van der Waals surface area contributed by atoms with E-state index in [4.69, 9.17) is 5.14 Å². The third-order valence-corrected chi connectivity index (χ3v) is 6.48. The largest absolute Gasteiger partial charge is 0.349 e. The topological polar surface area (TPSA) is 89.3 Å². The molecule has 3 N–H and O–H groups in total. The molecule has 0 radical (unpaired) electrons. The van der Waals surface area contributed by atoms with Gasteiger partial charge in [0, 0.05) is 11.4 Å². The number of carbonyl (C=O) groups excluding carboxylic acids is 1. The fourth-order valence-electron chi connectivity index (χ4n) is 2.73. The molecule has 1 fully saturated rings. The first-order valence-electron chi connectivity index (χ1n) is 6.52. The van der Waals surface area contributed by atoms with E-state index in [2.05, 4.69) is 19.2 Å². The van der Waals surface area contributed by atoms with Crippen LogP contribution in [0.1, 0.15) is 49.0 Å². The second-order valence-electron chi connectivity index (χ2n) is 6.18. The van der Waals surface area contributed by atoms with Gasteiger partial charge in [-0.3, -0.25) is 4.79 Å². The minimum absolute atomic E-state index is 0.0643. The first-order valence-corrected chi connectivity index (χ1v) is 8.94. The number of rotatable bonds is 3. The molecule has 1 aromatic heterocycles. The van der Waals surface area contributed by atoms with Crippen LogP contribution in [0.15, 0.2) is 9.59 Å². The number of hydrogen-bond acceptors (Lipinski definition) is 4. The third-order valence-electron chi connectivity index (χ3n) is 3.80. The minimum atomic E-state index is -3.75. The molecule has 112 valence electrons. The number of sulfonamides is 1. The number of primary sulfonamides is 1. The summed E-state index contributed by atoms with van der Waals surface area (Å²) in [7, 11) is -3.75. The van der Waals surface area contributed by atoms with Gasteiger partial charge in [-0.05, 0) is 37.2 Å². The van der Waals surface area contributed by atoms with Crippen LogP contribution in [0.25, 0.3) is 0 Å². The predicted molar refractivity (Wildman–Crippen MR) is 79.3 cm³/mol. The van der Waals surface area contributed by atoms with E-state index >= 15 is 0 Å². The maximum atomic E-state index is 12.2. The predicted octanol–water partition coefficient (Wildman–Crippen LogP) is 2.01. The summed E-state index contributed by atoms with van der Waals surface area (Å²) in [6.07, 6.45) is 3.00. The zero-order valence-corrected chi connectivity index (χ0v) is 13.5. The van der Waals surface area contributed by atoms with Crippen molar-refractivity contribution in [3.05, 3.63) is 16.5 Å². The summed E-state index contributed by atoms with van der Waals surface area (Å²) in [6, 6.07) is 0.162. The monoisotopic (exact) mass is 316 g/mol. The highest BCUT2D eigenvalue weighted by Crippen LogP contribution is 2.37. The van der Waals surface area contributed by atoms with Gasteiger partial charge in [-0.25, -0.2) is 13.6 Å². The zero-order chi connectivity index (χ0) is 15.1. The molecule has 1 unspecified atom stereocenters. The summed E-state index contributed by atoms with van der Waals surface area (Å²) in [6.45, 7) is 5.99. The Hall–Kier alpha value is -0.920. The second kappa shape index (κ2) is 5.13. The van der Waals surface area contributed by atoms with Crippen molar-refractivity contribution < 1.29 is 13.2 Å². The van der Waals surface area contributed by atoms with Crippen LogP contribution in [0, 0.1) is 12.3 Å². The fraction of sp³-hybridized carbons (Fsp3) is 0.615. The van der Waals surface area contributed by atoms with Gasteiger partial charge in [-0.2, -0.15) is 0 Å². The van der Waals surface area contributed by atoms with E-state index in [-0.39, 0.29) is 21.6 Å². The Labute approximate surface area is 123 Å². The highest BCUT2D eigenvalue weighted by molar-refractivity contribution is 7.91. The first-order chi connectivity index (χ1) is 9.10. The molecule has 0 saturated heterocycles. The molecule has 5 nitrogen and oxygen atoms in total. The van der Waals surface area contributed by atoms with Gasteiger partial charge in [0.15, 0.2) is 0 Å². The third kappa shape index (κ3) is 3.21. The van der Waals surface area contributed by atoms with Crippen molar-refractivity contribution in [1.29, 1.82) is 0 Å². The van der Waals surface area contributed by atoms with Crippen molar-refractivity contribution in [3.8, 4) is 0 Å². The smallest absolute Gasteiger partial charge is 0.252 e. The van der Waals surface area contributed by atoms with E-state index in [0.29, 0.717) is 11.1 Å². The number of nitrogens with two attached hydrogens (primary N) is 1. The van der Waals surface area contributed by atoms with Crippen LogP contribution in [-0.4, -0.2) is 20.4 Å². The summed E-state index contributed by atoms with van der Waals surface area (Å²) in [5, 5.41) is 9.67. The van der Waals surface area contributed by atoms with E-state index in [1.807, 2.05) is 0 Å². The van der Waals surface area contributed by atoms with Gasteiger partial charge in [0.2, 0.25) is 10.0 Å². The van der Waals surface area contributed by atoms with Crippen LogP contribution in [0.3, 0.4) is 0 Å². The highest BCUT2D eigenvalue weighted by Gasteiger charge is 2.32. The van der Waals surface area contributed by atoms with Crippen molar-refractivity contribution in [2.45, 2.75) is 50.3 Å². The molecule has 2 rings (SSSR count). The SMILES string of the molecule is Cc1c(C(=O)NC2CCC(C)(C)C2)csc1S(N)(=O)=O. The Morgan fingerprint density at radius 2 is 2.15 bits per heavy atom. The quantitative estimate of drug-likeness (QED) is 0.894. The van der Waals surface area contributed by atoms with Gasteiger partial charge in [-0.15, -0.1) is 11.3 Å². The number of thiophene rings is 1. The molecular weight excluding hydrogens is 296 g/mol. The molecule has 0 spiro atoms. The Morgan fingerprint density at radius 3 is 2.60 bits per heavy atom. The lowest BCUT2D eigenvalue weighted by atomic mass is 9.92. The van der Waals surface area contributed by atoms with Crippen LogP contribution in [0.4, 0.5) is 0 Å². The minimum Gasteiger partial charge on any atom is -0.349 e. The summed E-state index contributed by atoms with van der Waals surface area (Å²) in [5.41, 5.74) is 1.10. The Bertz CT molecular complexity index is 632. The number of amides is 1. The van der Waals surface area contributed by atoms with Gasteiger partial charge >= 0.3 is 0 Å². The average molecular weight is 316 g/mol. The normalized spacial score (nSPS) is 21.9. The first kappa shape index (κ1) is 15.5. The average Bonchev–Trinajstić information content (AvgIpc) is 2.81. The van der Waals surface area contributed by atoms with E-state index in [0.717, 1.165) is 30.6 Å². The number of carbonyl (C=O) groups is 1. The molecule has 1 heterocycles. The lowest BCUT2D eigenvalue weighted by molar-refractivity contribution is 0.0935. The molecule has 20 heavy (non-hydrogen) atoms. The lowest BCUT2D eigenvalue weighted by Crippen LogP contribution is -2.33. The van der Waals surface area contributed by atoms with Crippen molar-refractivity contribution in [1.82, 2.24) is 5.32 Å². The van der Waals surface area contributed by atoms with E-state index in [1.165, 1.54) is 0 Å². The number of hydrogen-bond donors (Lipinski definition) is 2. The van der Waals surface area contributed by atoms with Crippen LogP contribution < -0.4 is 10.5 Å². The Balaban J connectivity index is 2.13. The van der Waals surface area contributed by atoms with E-state index < -0.39 is 10.0 Å². The molecule has 1 atom stereocenters. The van der Waals surface area contributed by atoms with Crippen LogP contribution in [0.5, 0.6) is 0 Å². The van der Waals surface area contributed by atoms with Crippen LogP contribution in [0.2, 0.25) is 0 Å². The molecule has 1 aliphatic carbocycles. The van der Waals surface area contributed by atoms with Gasteiger partial charge in [0.05, 0.1) is 5.56 Å². The Morgan fingerprint density at radius 1 is 1.50 bits per heavy atom. The summed E-state index contributed by atoms with van der Waals surface area (Å²) < 4.78 is 22.8. The van der Waals surface area contributed by atoms with Gasteiger partial charge in [0.25, 0.3) is 5.91 Å². The van der Waals surface area contributed by atoms with Crippen molar-refractivity contribution in [2.24, 2.45) is 10.6 Å². The molecule has 1 aromatic rings. The summed E-state index contributed by atoms with van der Waals surface area (Å²) in [5.74, 6) is -0.212. The molecule has 1 saturated carbocycles. The van der Waals surface area contributed by atoms with E-state index in [1.54, 1.807) is 12.3 Å². The van der Waals surface area contributed by atoms with Crippen molar-refractivity contribution in [3.63, 3.8) is 0 Å². The summed E-state index contributed by atoms with van der Waals surface area (Å²) in [4.78, 5) is 12.2. The Kier molecular flexibility index (Phi) is 3.96.